The van der Waals surface area contributed by atoms with Crippen LogP contribution in [0.15, 0.2) is 42.5 Å². The third-order valence-electron chi connectivity index (χ3n) is 5.25. The van der Waals surface area contributed by atoms with Gasteiger partial charge in [0.15, 0.2) is 0 Å². The molecule has 30 heavy (non-hydrogen) atoms. The molecule has 162 valence electrons. The van der Waals surface area contributed by atoms with Crippen LogP contribution >= 0.6 is 23.2 Å². The van der Waals surface area contributed by atoms with Crippen molar-refractivity contribution < 1.29 is 14.3 Å². The van der Waals surface area contributed by atoms with E-state index in [0.717, 1.165) is 41.4 Å². The van der Waals surface area contributed by atoms with E-state index in [4.69, 9.17) is 32.7 Å². The Morgan fingerprint density at radius 3 is 2.70 bits per heavy atom. The summed E-state index contributed by atoms with van der Waals surface area (Å²) in [6, 6.07) is 14.1. The summed E-state index contributed by atoms with van der Waals surface area (Å²) in [5.74, 6) is 1.36. The van der Waals surface area contributed by atoms with Gasteiger partial charge in [-0.15, -0.1) is 0 Å². The maximum atomic E-state index is 11.0. The Balaban J connectivity index is 1.60. The zero-order chi connectivity index (χ0) is 21.5. The van der Waals surface area contributed by atoms with Crippen molar-refractivity contribution in [2.45, 2.75) is 39.4 Å². The van der Waals surface area contributed by atoms with Gasteiger partial charge < -0.3 is 9.47 Å². The van der Waals surface area contributed by atoms with Crippen molar-refractivity contribution in [1.82, 2.24) is 4.90 Å². The van der Waals surface area contributed by atoms with Crippen LogP contribution in [0, 0.1) is 5.92 Å². The van der Waals surface area contributed by atoms with Crippen LogP contribution in [0.5, 0.6) is 5.75 Å². The molecule has 0 aromatic heterocycles. The second-order valence-corrected chi connectivity index (χ2v) is 8.93. The lowest BCUT2D eigenvalue weighted by atomic mass is 9.98. The van der Waals surface area contributed by atoms with E-state index in [1.807, 2.05) is 36.4 Å². The summed E-state index contributed by atoms with van der Waals surface area (Å²) in [5.41, 5.74) is 3.39. The Labute approximate surface area is 189 Å². The minimum absolute atomic E-state index is 0.0144. The molecule has 0 spiro atoms. The number of nitrogens with zero attached hydrogens (tertiary/aromatic N) is 1. The highest BCUT2D eigenvalue weighted by Crippen LogP contribution is 2.27. The fraction of sp³-hybridized carbons (Fsp3) is 0.458. The van der Waals surface area contributed by atoms with E-state index >= 15 is 0 Å². The molecule has 1 saturated heterocycles. The number of halogens is 2. The minimum atomic E-state index is -0.297. The first-order valence-corrected chi connectivity index (χ1v) is 11.2. The topological polar surface area (TPSA) is 38.8 Å². The average Bonchev–Trinajstić information content (AvgIpc) is 2.72. The molecule has 0 amide bonds. The predicted molar refractivity (Wildman–Crippen MR) is 121 cm³/mol. The number of hydrogen-bond acceptors (Lipinski definition) is 4. The molecule has 3 rings (SSSR count). The fourth-order valence-electron chi connectivity index (χ4n) is 3.68. The summed E-state index contributed by atoms with van der Waals surface area (Å²) in [7, 11) is 0. The van der Waals surface area contributed by atoms with Crippen LogP contribution in [0.3, 0.4) is 0 Å². The van der Waals surface area contributed by atoms with Crippen LogP contribution in [0.4, 0.5) is 0 Å². The molecule has 1 fully saturated rings. The number of carbonyl (C=O) groups excluding carboxylic acids is 1. The SMILES string of the molecule is CC(C)Cc1cccc(Cl)c1COc1ccc(C2CN(CCC(=O)Cl)CCO2)cc1. The van der Waals surface area contributed by atoms with Crippen LogP contribution in [0.2, 0.25) is 5.02 Å². The quantitative estimate of drug-likeness (QED) is 0.463. The smallest absolute Gasteiger partial charge is 0.222 e. The molecule has 0 bridgehead atoms. The molecule has 2 aromatic rings. The van der Waals surface area contributed by atoms with E-state index in [-0.39, 0.29) is 11.3 Å². The molecule has 0 saturated carbocycles. The lowest BCUT2D eigenvalue weighted by Gasteiger charge is -2.32. The van der Waals surface area contributed by atoms with Crippen molar-refractivity contribution >= 4 is 28.4 Å². The molecule has 1 heterocycles. The Bertz CT molecular complexity index is 839. The summed E-state index contributed by atoms with van der Waals surface area (Å²) >= 11 is 11.9. The third kappa shape index (κ3) is 6.71. The second-order valence-electron chi connectivity index (χ2n) is 8.10. The van der Waals surface area contributed by atoms with Crippen molar-refractivity contribution in [2.24, 2.45) is 5.92 Å². The Kier molecular flexibility index (Phi) is 8.58. The molecule has 1 atom stereocenters. The maximum absolute atomic E-state index is 11.0. The highest BCUT2D eigenvalue weighted by molar-refractivity contribution is 6.63. The van der Waals surface area contributed by atoms with E-state index in [1.54, 1.807) is 0 Å². The Hall–Kier alpha value is -1.59. The average molecular weight is 450 g/mol. The van der Waals surface area contributed by atoms with Crippen LogP contribution in [-0.2, 0) is 22.6 Å². The molecule has 1 unspecified atom stereocenters. The van der Waals surface area contributed by atoms with Crippen LogP contribution in [0.1, 0.15) is 43.1 Å². The van der Waals surface area contributed by atoms with Gasteiger partial charge in [-0.25, -0.2) is 0 Å². The van der Waals surface area contributed by atoms with Crippen molar-refractivity contribution in [2.75, 3.05) is 26.2 Å². The highest BCUT2D eigenvalue weighted by Gasteiger charge is 2.22. The molecule has 6 heteroatoms. The summed E-state index contributed by atoms with van der Waals surface area (Å²) in [6.07, 6.45) is 1.32. The van der Waals surface area contributed by atoms with Gasteiger partial charge in [-0.05, 0) is 53.3 Å². The van der Waals surface area contributed by atoms with Gasteiger partial charge in [-0.1, -0.05) is 49.7 Å². The first kappa shape index (κ1) is 23.1. The number of morpholine rings is 1. The number of benzene rings is 2. The van der Waals surface area contributed by atoms with Crippen LogP contribution < -0.4 is 4.74 Å². The van der Waals surface area contributed by atoms with Crippen molar-refractivity contribution in [3.8, 4) is 5.75 Å². The van der Waals surface area contributed by atoms with Crippen LogP contribution in [-0.4, -0.2) is 36.4 Å². The number of carbonyl (C=O) groups is 1. The number of hydrogen-bond donors (Lipinski definition) is 0. The molecule has 0 N–H and O–H groups in total. The minimum Gasteiger partial charge on any atom is -0.489 e. The molecule has 2 aromatic carbocycles. The third-order valence-corrected chi connectivity index (χ3v) is 5.80. The van der Waals surface area contributed by atoms with Crippen molar-refractivity contribution in [3.63, 3.8) is 0 Å². The molecule has 1 aliphatic heterocycles. The summed E-state index contributed by atoms with van der Waals surface area (Å²) in [4.78, 5) is 13.2. The van der Waals surface area contributed by atoms with Gasteiger partial charge >= 0.3 is 0 Å². The van der Waals surface area contributed by atoms with Gasteiger partial charge in [0.25, 0.3) is 0 Å². The summed E-state index contributed by atoms with van der Waals surface area (Å²) < 4.78 is 12.0. The fourth-order valence-corrected chi connectivity index (χ4v) is 4.02. The Morgan fingerprint density at radius 1 is 1.23 bits per heavy atom. The van der Waals surface area contributed by atoms with Gasteiger partial charge in [-0.3, -0.25) is 9.69 Å². The van der Waals surface area contributed by atoms with Gasteiger partial charge in [0.1, 0.15) is 12.4 Å². The van der Waals surface area contributed by atoms with Gasteiger partial charge in [0.05, 0.1) is 12.7 Å². The molecule has 0 radical (unpaired) electrons. The maximum Gasteiger partial charge on any atom is 0.222 e. The van der Waals surface area contributed by atoms with E-state index < -0.39 is 0 Å². The summed E-state index contributed by atoms with van der Waals surface area (Å²) in [5, 5.41) is 0.450. The van der Waals surface area contributed by atoms with Crippen LogP contribution in [0.25, 0.3) is 0 Å². The van der Waals surface area contributed by atoms with Gasteiger partial charge in [-0.2, -0.15) is 0 Å². The van der Waals surface area contributed by atoms with Gasteiger partial charge in [0, 0.05) is 36.6 Å². The molecule has 1 aliphatic rings. The largest absolute Gasteiger partial charge is 0.489 e. The lowest BCUT2D eigenvalue weighted by Crippen LogP contribution is -2.39. The summed E-state index contributed by atoms with van der Waals surface area (Å²) in [6.45, 7) is 7.73. The monoisotopic (exact) mass is 449 g/mol. The number of ether oxygens (including phenoxy) is 2. The van der Waals surface area contributed by atoms with Gasteiger partial charge in [0.2, 0.25) is 5.24 Å². The van der Waals surface area contributed by atoms with E-state index in [0.29, 0.717) is 32.1 Å². The molecule has 0 aliphatic carbocycles. The standard InChI is InChI=1S/C24H29Cl2NO3/c1-17(2)14-19-4-3-5-22(25)21(19)16-30-20-8-6-18(7-9-20)23-15-27(12-13-29-23)11-10-24(26)28/h3-9,17,23H,10-16H2,1-2H3. The first-order valence-electron chi connectivity index (χ1n) is 10.4. The van der Waals surface area contributed by atoms with Crippen molar-refractivity contribution in [1.29, 1.82) is 0 Å². The first-order chi connectivity index (χ1) is 14.4. The highest BCUT2D eigenvalue weighted by atomic mass is 35.5. The van der Waals surface area contributed by atoms with Crippen molar-refractivity contribution in [3.05, 3.63) is 64.2 Å². The zero-order valence-electron chi connectivity index (χ0n) is 17.6. The predicted octanol–water partition coefficient (Wildman–Crippen LogP) is 5.65. The Morgan fingerprint density at radius 2 is 2.00 bits per heavy atom. The normalized spacial score (nSPS) is 17.3. The van der Waals surface area contributed by atoms with E-state index in [9.17, 15) is 4.79 Å². The second kappa shape index (κ2) is 11.1. The molecular formula is C24H29Cl2NO3. The van der Waals surface area contributed by atoms with E-state index in [1.165, 1.54) is 5.56 Å². The zero-order valence-corrected chi connectivity index (χ0v) is 19.1. The molecular weight excluding hydrogens is 421 g/mol. The number of rotatable bonds is 9. The van der Waals surface area contributed by atoms with E-state index in [2.05, 4.69) is 24.8 Å². The molecule has 4 nitrogen and oxygen atoms in total. The lowest BCUT2D eigenvalue weighted by molar-refractivity contribution is -0.112.